The third-order valence-electron chi connectivity index (χ3n) is 10.5. The largest absolute Gasteiger partial charge is 0.394 e. The summed E-state index contributed by atoms with van der Waals surface area (Å²) in [5.74, 6) is -0.0833. The van der Waals surface area contributed by atoms with E-state index in [4.69, 9.17) is 0 Å². The van der Waals surface area contributed by atoms with Gasteiger partial charge in [-0.15, -0.1) is 0 Å². The Morgan fingerprint density at radius 3 is 1.21 bits per heavy atom. The third kappa shape index (κ3) is 44.4. The number of rotatable bonds is 43. The van der Waals surface area contributed by atoms with Crippen LogP contribution in [-0.2, 0) is 4.79 Å². The van der Waals surface area contributed by atoms with Gasteiger partial charge in [-0.25, -0.2) is 0 Å². The fraction of sp³-hybridized carbons (Fsp3) is 0.685. The first kappa shape index (κ1) is 55.3. The molecule has 0 aromatic rings. The Morgan fingerprint density at radius 2 is 0.776 bits per heavy atom. The molecule has 0 aliphatic rings. The van der Waals surface area contributed by atoms with Crippen molar-refractivity contribution in [2.75, 3.05) is 6.61 Å². The molecule has 1 amide bonds. The second-order valence-electron chi connectivity index (χ2n) is 16.1. The summed E-state index contributed by atoms with van der Waals surface area (Å²) in [6, 6.07) is -0.651. The van der Waals surface area contributed by atoms with Gasteiger partial charge in [0, 0.05) is 6.42 Å². The van der Waals surface area contributed by atoms with Gasteiger partial charge in [0.25, 0.3) is 0 Å². The van der Waals surface area contributed by atoms with Crippen molar-refractivity contribution >= 4 is 5.91 Å². The summed E-state index contributed by atoms with van der Waals surface area (Å²) in [6.45, 7) is 4.17. The van der Waals surface area contributed by atoms with Crippen LogP contribution in [0.1, 0.15) is 219 Å². The van der Waals surface area contributed by atoms with Crippen LogP contribution in [-0.4, -0.2) is 34.9 Å². The maximum absolute atomic E-state index is 12.4. The number of nitrogens with one attached hydrogen (secondary N) is 1. The first-order valence-corrected chi connectivity index (χ1v) is 24.5. The smallest absolute Gasteiger partial charge is 0.220 e. The molecule has 2 unspecified atom stereocenters. The molecule has 0 fully saturated rings. The zero-order valence-corrected chi connectivity index (χ0v) is 38.0. The molecular formula is C54H93NO3. The van der Waals surface area contributed by atoms with Crippen molar-refractivity contribution in [3.8, 4) is 0 Å². The number of carbonyl (C=O) groups excluding carboxylic acids is 1. The van der Waals surface area contributed by atoms with Gasteiger partial charge >= 0.3 is 0 Å². The van der Waals surface area contributed by atoms with Crippen molar-refractivity contribution in [2.45, 2.75) is 231 Å². The Kier molecular flexibility index (Phi) is 46.4. The minimum atomic E-state index is -0.875. The van der Waals surface area contributed by atoms with E-state index >= 15 is 0 Å². The van der Waals surface area contributed by atoms with Gasteiger partial charge in [-0.1, -0.05) is 220 Å². The highest BCUT2D eigenvalue weighted by molar-refractivity contribution is 5.76. The van der Waals surface area contributed by atoms with E-state index in [1.807, 2.05) is 6.08 Å². The molecule has 0 aromatic carbocycles. The Bertz CT molecular complexity index is 1090. The number of aliphatic hydroxyl groups excluding tert-OH is 2. The van der Waals surface area contributed by atoms with Crippen LogP contribution in [0.4, 0.5) is 0 Å². The zero-order chi connectivity index (χ0) is 42.1. The zero-order valence-electron chi connectivity index (χ0n) is 38.0. The van der Waals surface area contributed by atoms with E-state index in [1.165, 1.54) is 128 Å². The molecule has 0 saturated heterocycles. The molecule has 0 saturated carbocycles. The van der Waals surface area contributed by atoms with Crippen molar-refractivity contribution < 1.29 is 15.0 Å². The van der Waals surface area contributed by atoms with Crippen LogP contribution in [0, 0.1) is 0 Å². The molecule has 0 rings (SSSR count). The third-order valence-corrected chi connectivity index (χ3v) is 10.5. The van der Waals surface area contributed by atoms with Crippen molar-refractivity contribution in [3.05, 3.63) is 97.2 Å². The monoisotopic (exact) mass is 804 g/mol. The Morgan fingerprint density at radius 1 is 0.431 bits per heavy atom. The van der Waals surface area contributed by atoms with E-state index in [9.17, 15) is 15.0 Å². The predicted octanol–water partition coefficient (Wildman–Crippen LogP) is 15.8. The lowest BCUT2D eigenvalue weighted by Crippen LogP contribution is -2.45. The Hall–Kier alpha value is -2.69. The van der Waals surface area contributed by atoms with Crippen LogP contribution in [0.2, 0.25) is 0 Å². The Labute approximate surface area is 360 Å². The maximum atomic E-state index is 12.4. The van der Waals surface area contributed by atoms with Crippen LogP contribution in [0.25, 0.3) is 0 Å². The maximum Gasteiger partial charge on any atom is 0.220 e. The van der Waals surface area contributed by atoms with Crippen molar-refractivity contribution in [3.63, 3.8) is 0 Å². The first-order valence-electron chi connectivity index (χ1n) is 24.5. The second kappa shape index (κ2) is 48.7. The lowest BCUT2D eigenvalue weighted by atomic mass is 10.0. The summed E-state index contributed by atoms with van der Waals surface area (Å²) < 4.78 is 0. The fourth-order valence-corrected chi connectivity index (χ4v) is 6.82. The molecule has 0 bridgehead atoms. The van der Waals surface area contributed by atoms with Gasteiger partial charge in [-0.2, -0.15) is 0 Å². The molecule has 0 heterocycles. The van der Waals surface area contributed by atoms with Gasteiger partial charge in [0.2, 0.25) is 5.91 Å². The van der Waals surface area contributed by atoms with Gasteiger partial charge in [-0.3, -0.25) is 4.79 Å². The summed E-state index contributed by atoms with van der Waals surface area (Å²) in [7, 11) is 0. The SMILES string of the molecule is CC/C=C\C/C=C\C/C=C\C/C=C\C/C=C\CCCCCCCCCCCCCCCC(=O)NC(CO)C(O)/C=C/CC/C=C/CC/C=C/CCCCCCCCC. The molecule has 0 aromatic heterocycles. The average molecular weight is 804 g/mol. The fourth-order valence-electron chi connectivity index (χ4n) is 6.82. The molecule has 58 heavy (non-hydrogen) atoms. The second-order valence-corrected chi connectivity index (χ2v) is 16.1. The first-order chi connectivity index (χ1) is 28.7. The molecule has 0 aliphatic carbocycles. The molecule has 0 spiro atoms. The van der Waals surface area contributed by atoms with E-state index in [0.29, 0.717) is 6.42 Å². The van der Waals surface area contributed by atoms with Crippen LogP contribution >= 0.6 is 0 Å². The number of allylic oxidation sites excluding steroid dienone is 15. The Balaban J connectivity index is 3.61. The standard InChI is InChI=1S/C54H93NO3/c1-3-5-7-9-11-13-15-17-19-21-22-23-24-25-26-27-28-29-30-31-32-34-36-38-40-42-44-46-48-50-54(58)55-52(51-56)53(57)49-47-45-43-41-39-37-35-33-20-18-16-14-12-10-8-6-4-2/h5,7,11,13,17,19-20,22-23,25-26,33,39,41,47,49,52-53,56-57H,3-4,6,8-10,12,14-16,18,21,24,27-32,34-38,40,42-46,48,50-51H2,1-2H3,(H,55,58)/b7-5-,13-11-,19-17-,23-22-,26-25-,33-20+,41-39+,49-47+. The predicted molar refractivity (Wildman–Crippen MR) is 257 cm³/mol. The molecule has 0 aliphatic heterocycles. The molecule has 2 atom stereocenters. The van der Waals surface area contributed by atoms with Gasteiger partial charge in [0.05, 0.1) is 18.8 Å². The average Bonchev–Trinajstić information content (AvgIpc) is 3.23. The number of hydrogen-bond donors (Lipinski definition) is 3. The van der Waals surface area contributed by atoms with Gasteiger partial charge in [0.15, 0.2) is 0 Å². The van der Waals surface area contributed by atoms with Gasteiger partial charge in [-0.05, 0) is 89.9 Å². The van der Waals surface area contributed by atoms with E-state index in [2.05, 4.69) is 104 Å². The highest BCUT2D eigenvalue weighted by Crippen LogP contribution is 2.14. The van der Waals surface area contributed by atoms with Crippen molar-refractivity contribution in [1.82, 2.24) is 5.32 Å². The van der Waals surface area contributed by atoms with E-state index < -0.39 is 12.1 Å². The van der Waals surface area contributed by atoms with Crippen LogP contribution in [0.5, 0.6) is 0 Å². The van der Waals surface area contributed by atoms with E-state index in [-0.39, 0.29) is 12.5 Å². The van der Waals surface area contributed by atoms with Gasteiger partial charge in [0.1, 0.15) is 0 Å². The topological polar surface area (TPSA) is 69.6 Å². The normalized spacial score (nSPS) is 13.8. The van der Waals surface area contributed by atoms with Crippen molar-refractivity contribution in [2.24, 2.45) is 0 Å². The summed E-state index contributed by atoms with van der Waals surface area (Å²) in [6.07, 6.45) is 72.4. The molecule has 3 N–H and O–H groups in total. The van der Waals surface area contributed by atoms with Crippen LogP contribution < -0.4 is 5.32 Å². The number of unbranched alkanes of at least 4 members (excludes halogenated alkanes) is 22. The number of amides is 1. The van der Waals surface area contributed by atoms with Gasteiger partial charge < -0.3 is 15.5 Å². The van der Waals surface area contributed by atoms with Crippen LogP contribution in [0.15, 0.2) is 97.2 Å². The summed E-state index contributed by atoms with van der Waals surface area (Å²) in [5.41, 5.74) is 0. The van der Waals surface area contributed by atoms with Crippen molar-refractivity contribution in [1.29, 1.82) is 0 Å². The lowest BCUT2D eigenvalue weighted by Gasteiger charge is -2.19. The number of carbonyl (C=O) groups is 1. The van der Waals surface area contributed by atoms with E-state index in [0.717, 1.165) is 70.6 Å². The molecule has 332 valence electrons. The minimum Gasteiger partial charge on any atom is -0.394 e. The summed E-state index contributed by atoms with van der Waals surface area (Å²) >= 11 is 0. The highest BCUT2D eigenvalue weighted by atomic mass is 16.3. The molecular weight excluding hydrogens is 711 g/mol. The minimum absolute atomic E-state index is 0.0833. The molecule has 0 radical (unpaired) electrons. The van der Waals surface area contributed by atoms with Crippen LogP contribution in [0.3, 0.4) is 0 Å². The summed E-state index contributed by atoms with van der Waals surface area (Å²) in [5, 5.41) is 23.0. The highest BCUT2D eigenvalue weighted by Gasteiger charge is 2.17. The quantitative estimate of drug-likeness (QED) is 0.0425. The number of hydrogen-bond acceptors (Lipinski definition) is 3. The number of aliphatic hydroxyl groups is 2. The van der Waals surface area contributed by atoms with E-state index in [1.54, 1.807) is 6.08 Å². The molecule has 4 nitrogen and oxygen atoms in total. The summed E-state index contributed by atoms with van der Waals surface area (Å²) in [4.78, 5) is 12.4. The molecule has 4 heteroatoms. The lowest BCUT2D eigenvalue weighted by molar-refractivity contribution is -0.123.